The molecule has 1 aromatic carbocycles. The summed E-state index contributed by atoms with van der Waals surface area (Å²) >= 11 is 0. The number of quaternary nitrogens is 1. The summed E-state index contributed by atoms with van der Waals surface area (Å²) in [5.41, 5.74) is 1.37. The molecule has 36 heavy (non-hydrogen) atoms. The molecule has 1 saturated carbocycles. The third-order valence-corrected chi connectivity index (χ3v) is 8.52. The van der Waals surface area contributed by atoms with Crippen LogP contribution in [0.15, 0.2) is 42.7 Å². The first-order valence-electron chi connectivity index (χ1n) is 13.2. The number of hydrogen-bond acceptors (Lipinski definition) is 5. The number of carbonyl (C=O) groups is 2. The number of nitrogens with zero attached hydrogens (tertiary/aromatic N) is 3. The summed E-state index contributed by atoms with van der Waals surface area (Å²) in [5, 5.41) is 2.93. The van der Waals surface area contributed by atoms with Gasteiger partial charge in [0.1, 0.15) is 18.7 Å². The van der Waals surface area contributed by atoms with E-state index in [2.05, 4.69) is 27.4 Å². The first-order chi connectivity index (χ1) is 17.0. The standard InChI is InChI=1S/C28H36N4O3.ClH/c1-21-17-25(30-20-29-21)31-26(33)19-32-15-11-22(12-16-32)24(18-32)35-27(34)28(13-7-2-3-8-14-28)23-9-5-4-6-10-23;/h4-6,9-10,17,20,22,24H,2-3,7-8,11-16,18-19H2,1H3;1H/t22?,24-,32?;/m0./s1. The Hall–Kier alpha value is -2.51. The molecule has 1 aliphatic carbocycles. The number of amides is 1. The van der Waals surface area contributed by atoms with Gasteiger partial charge in [-0.1, -0.05) is 56.0 Å². The van der Waals surface area contributed by atoms with Gasteiger partial charge in [-0.2, -0.15) is 0 Å². The number of carbonyl (C=O) groups excluding carboxylic acids is 2. The van der Waals surface area contributed by atoms with Gasteiger partial charge in [0.25, 0.3) is 5.91 Å². The smallest absolute Gasteiger partial charge is 0.317 e. The van der Waals surface area contributed by atoms with E-state index in [-0.39, 0.29) is 30.4 Å². The molecule has 1 N–H and O–H groups in total. The van der Waals surface area contributed by atoms with Gasteiger partial charge in [-0.05, 0) is 25.3 Å². The largest absolute Gasteiger partial charge is 1.00 e. The summed E-state index contributed by atoms with van der Waals surface area (Å²) in [7, 11) is 0. The first-order valence-corrected chi connectivity index (χ1v) is 13.2. The van der Waals surface area contributed by atoms with Crippen LogP contribution in [0, 0.1) is 12.8 Å². The summed E-state index contributed by atoms with van der Waals surface area (Å²) in [4.78, 5) is 35.1. The number of benzene rings is 1. The summed E-state index contributed by atoms with van der Waals surface area (Å²) in [6.45, 7) is 4.90. The van der Waals surface area contributed by atoms with Crippen molar-refractivity contribution >= 4 is 17.7 Å². The molecule has 1 aromatic heterocycles. The van der Waals surface area contributed by atoms with Crippen LogP contribution in [0.4, 0.5) is 5.82 Å². The Morgan fingerprint density at radius 3 is 2.42 bits per heavy atom. The molecule has 2 aromatic rings. The second-order valence-electron chi connectivity index (χ2n) is 10.9. The molecule has 4 heterocycles. The van der Waals surface area contributed by atoms with Gasteiger partial charge in [0.2, 0.25) is 0 Å². The predicted octanol–water partition coefficient (Wildman–Crippen LogP) is 1.17. The number of fused-ring (bicyclic) bond motifs is 3. The van der Waals surface area contributed by atoms with Crippen LogP contribution < -0.4 is 17.7 Å². The Morgan fingerprint density at radius 1 is 1.06 bits per heavy atom. The van der Waals surface area contributed by atoms with Crippen molar-refractivity contribution in [3.05, 3.63) is 54.0 Å². The zero-order valence-corrected chi connectivity index (χ0v) is 21.9. The average molecular weight is 513 g/mol. The highest BCUT2D eigenvalue weighted by molar-refractivity contribution is 5.90. The maximum absolute atomic E-state index is 13.9. The van der Waals surface area contributed by atoms with E-state index in [1.165, 1.54) is 19.2 Å². The van der Waals surface area contributed by atoms with Gasteiger partial charge in [0.15, 0.2) is 12.6 Å². The molecule has 1 amide bonds. The molecule has 194 valence electrons. The molecule has 1 atom stereocenters. The second kappa shape index (κ2) is 11.3. The quantitative estimate of drug-likeness (QED) is 0.357. The highest BCUT2D eigenvalue weighted by Gasteiger charge is 2.51. The van der Waals surface area contributed by atoms with Crippen molar-refractivity contribution in [1.29, 1.82) is 0 Å². The maximum Gasteiger partial charge on any atom is 0.317 e. The van der Waals surface area contributed by atoms with E-state index in [1.54, 1.807) is 6.07 Å². The number of rotatable bonds is 6. The van der Waals surface area contributed by atoms with Gasteiger partial charge in [-0.25, -0.2) is 9.97 Å². The minimum Gasteiger partial charge on any atom is -1.00 e. The van der Waals surface area contributed by atoms with Gasteiger partial charge >= 0.3 is 5.97 Å². The van der Waals surface area contributed by atoms with Crippen LogP contribution >= 0.6 is 0 Å². The van der Waals surface area contributed by atoms with Gasteiger partial charge in [-0.15, -0.1) is 0 Å². The van der Waals surface area contributed by atoms with Crippen molar-refractivity contribution in [2.45, 2.75) is 69.8 Å². The Balaban J connectivity index is 0.00000304. The molecule has 3 aliphatic heterocycles. The molecule has 0 spiro atoms. The van der Waals surface area contributed by atoms with Crippen LogP contribution in [0.2, 0.25) is 0 Å². The fourth-order valence-corrected chi connectivity index (χ4v) is 6.54. The molecule has 6 rings (SSSR count). The highest BCUT2D eigenvalue weighted by atomic mass is 35.5. The highest BCUT2D eigenvalue weighted by Crippen LogP contribution is 2.42. The van der Waals surface area contributed by atoms with Crippen molar-refractivity contribution in [1.82, 2.24) is 9.97 Å². The Kier molecular flexibility index (Phi) is 8.30. The normalized spacial score (nSPS) is 26.8. The van der Waals surface area contributed by atoms with Crippen molar-refractivity contribution in [3.63, 3.8) is 0 Å². The predicted molar refractivity (Wildman–Crippen MR) is 134 cm³/mol. The zero-order chi connectivity index (χ0) is 24.3. The van der Waals surface area contributed by atoms with Crippen LogP contribution in [0.3, 0.4) is 0 Å². The minimum absolute atomic E-state index is 0. The molecule has 0 unspecified atom stereocenters. The van der Waals surface area contributed by atoms with Crippen LogP contribution in [-0.4, -0.2) is 58.6 Å². The molecule has 4 fully saturated rings. The number of nitrogens with one attached hydrogen (secondary N) is 1. The molecule has 3 saturated heterocycles. The van der Waals surface area contributed by atoms with Crippen molar-refractivity contribution < 1.29 is 31.2 Å². The minimum atomic E-state index is -0.545. The Bertz CT molecular complexity index is 1050. The van der Waals surface area contributed by atoms with Gasteiger partial charge in [0, 0.05) is 30.5 Å². The topological polar surface area (TPSA) is 81.2 Å². The first kappa shape index (κ1) is 26.6. The third-order valence-electron chi connectivity index (χ3n) is 8.52. The molecule has 8 heteroatoms. The number of esters is 1. The van der Waals surface area contributed by atoms with Crippen LogP contribution in [0.25, 0.3) is 0 Å². The molecular weight excluding hydrogens is 476 g/mol. The number of anilines is 1. The number of ether oxygens (including phenoxy) is 1. The van der Waals surface area contributed by atoms with Gasteiger partial charge < -0.3 is 26.9 Å². The van der Waals surface area contributed by atoms with E-state index in [4.69, 9.17) is 4.74 Å². The summed E-state index contributed by atoms with van der Waals surface area (Å²) in [6.07, 6.45) is 9.51. The molecule has 7 nitrogen and oxygen atoms in total. The van der Waals surface area contributed by atoms with E-state index >= 15 is 0 Å². The molecule has 4 aliphatic rings. The molecular formula is C28H37ClN4O3. The van der Waals surface area contributed by atoms with Gasteiger partial charge in [-0.3, -0.25) is 9.59 Å². The fraction of sp³-hybridized carbons (Fsp3) is 0.571. The lowest BCUT2D eigenvalue weighted by molar-refractivity contribution is -0.939. The van der Waals surface area contributed by atoms with Crippen molar-refractivity contribution in [2.75, 3.05) is 31.5 Å². The molecule has 0 radical (unpaired) electrons. The van der Waals surface area contributed by atoms with Crippen LogP contribution in [0.1, 0.15) is 62.6 Å². The van der Waals surface area contributed by atoms with E-state index in [0.29, 0.717) is 22.8 Å². The molecule has 2 bridgehead atoms. The van der Waals surface area contributed by atoms with Crippen molar-refractivity contribution in [3.8, 4) is 0 Å². The lowest BCUT2D eigenvalue weighted by atomic mass is 9.74. The zero-order valence-electron chi connectivity index (χ0n) is 21.1. The average Bonchev–Trinajstić information content (AvgIpc) is 3.12. The summed E-state index contributed by atoms with van der Waals surface area (Å²) < 4.78 is 7.10. The fourth-order valence-electron chi connectivity index (χ4n) is 6.54. The summed E-state index contributed by atoms with van der Waals surface area (Å²) in [6, 6.07) is 12.0. The lowest BCUT2D eigenvalue weighted by Crippen LogP contribution is -3.00. The number of aryl methyl sites for hydroxylation is 1. The number of aromatic nitrogens is 2. The number of hydrogen-bond donors (Lipinski definition) is 1. The summed E-state index contributed by atoms with van der Waals surface area (Å²) in [5.74, 6) is 0.834. The lowest BCUT2D eigenvalue weighted by Gasteiger charge is -2.52. The van der Waals surface area contributed by atoms with E-state index in [9.17, 15) is 9.59 Å². The Morgan fingerprint density at radius 2 is 1.75 bits per heavy atom. The van der Waals surface area contributed by atoms with Gasteiger partial charge in [0.05, 0.1) is 18.5 Å². The Labute approximate surface area is 220 Å². The maximum atomic E-state index is 13.9. The second-order valence-corrected chi connectivity index (χ2v) is 10.9. The van der Waals surface area contributed by atoms with E-state index < -0.39 is 5.41 Å². The monoisotopic (exact) mass is 512 g/mol. The third kappa shape index (κ3) is 5.57. The number of piperidine rings is 3. The van der Waals surface area contributed by atoms with Crippen LogP contribution in [0.5, 0.6) is 0 Å². The van der Waals surface area contributed by atoms with Crippen LogP contribution in [-0.2, 0) is 19.7 Å². The van der Waals surface area contributed by atoms with Crippen molar-refractivity contribution in [2.24, 2.45) is 5.92 Å². The SMILES string of the molecule is Cc1cc(NC(=O)C[N+]23CCC(CC2)[C@@H](OC(=O)C2(c4ccccc4)CCCCCC2)C3)ncn1.[Cl-]. The van der Waals surface area contributed by atoms with E-state index in [0.717, 1.165) is 69.4 Å². The number of halogens is 1. The van der Waals surface area contributed by atoms with E-state index in [1.807, 2.05) is 25.1 Å².